The molecule has 0 aliphatic carbocycles. The molecule has 2 aromatic heterocycles. The third-order valence-corrected chi connectivity index (χ3v) is 3.50. The maximum absolute atomic E-state index is 4.42. The Bertz CT molecular complexity index is 523. The van der Waals surface area contributed by atoms with Gasteiger partial charge in [0.25, 0.3) is 0 Å². The highest BCUT2D eigenvalue weighted by molar-refractivity contribution is 5.34. The van der Waals surface area contributed by atoms with Gasteiger partial charge in [-0.05, 0) is 30.9 Å². The van der Waals surface area contributed by atoms with Gasteiger partial charge in [0, 0.05) is 18.4 Å². The number of fused-ring (bicyclic) bond motifs is 1. The van der Waals surface area contributed by atoms with Gasteiger partial charge in [-0.15, -0.1) is 0 Å². The second kappa shape index (κ2) is 4.11. The topological polar surface area (TPSA) is 42.2 Å². The molecule has 0 spiro atoms. The van der Waals surface area contributed by atoms with Gasteiger partial charge in [-0.2, -0.15) is 0 Å². The van der Waals surface area contributed by atoms with Crippen molar-refractivity contribution in [3.63, 3.8) is 0 Å². The maximum Gasteiger partial charge on any atom is 0.233 e. The van der Waals surface area contributed by atoms with Crippen molar-refractivity contribution in [3.8, 4) is 0 Å². The zero-order valence-electron chi connectivity index (χ0n) is 10.3. The largest absolute Gasteiger partial charge is 0.309 e. The maximum atomic E-state index is 4.42. The molecular formula is C13H18N4. The van der Waals surface area contributed by atoms with E-state index in [9.17, 15) is 0 Å². The van der Waals surface area contributed by atoms with Gasteiger partial charge in [-0.1, -0.05) is 13.8 Å². The molecule has 0 bridgehead atoms. The molecule has 1 fully saturated rings. The van der Waals surface area contributed by atoms with E-state index in [1.54, 1.807) is 0 Å². The Kier molecular flexibility index (Phi) is 2.59. The standard InChI is InChI=1S/C13H18N4/c1-9(2)10-6-15-13-16-7-12(17(13)8-10)11-4-3-5-14-11/h6-9,11,14H,3-5H2,1-2H3. The zero-order chi connectivity index (χ0) is 11.8. The Morgan fingerprint density at radius 1 is 1.35 bits per heavy atom. The fourth-order valence-electron chi connectivity index (χ4n) is 2.40. The number of hydrogen-bond donors (Lipinski definition) is 1. The Hall–Kier alpha value is -1.42. The fraction of sp³-hybridized carbons (Fsp3) is 0.538. The summed E-state index contributed by atoms with van der Waals surface area (Å²) in [5.74, 6) is 1.30. The number of nitrogens with one attached hydrogen (secondary N) is 1. The molecule has 1 unspecified atom stereocenters. The number of hydrogen-bond acceptors (Lipinski definition) is 3. The van der Waals surface area contributed by atoms with Gasteiger partial charge in [-0.3, -0.25) is 4.40 Å². The minimum atomic E-state index is 0.439. The van der Waals surface area contributed by atoms with Crippen LogP contribution in [-0.2, 0) is 0 Å². The van der Waals surface area contributed by atoms with Gasteiger partial charge in [0.1, 0.15) is 0 Å². The first kappa shape index (κ1) is 10.7. The summed E-state index contributed by atoms with van der Waals surface area (Å²) in [6.07, 6.45) is 8.50. The Morgan fingerprint density at radius 2 is 2.18 bits per heavy atom. The Labute approximate surface area is 101 Å². The summed E-state index contributed by atoms with van der Waals surface area (Å²) in [6, 6.07) is 0.439. The molecule has 1 aliphatic heterocycles. The zero-order valence-corrected chi connectivity index (χ0v) is 10.3. The molecule has 0 amide bonds. The molecule has 1 aliphatic rings. The highest BCUT2D eigenvalue weighted by Crippen LogP contribution is 2.24. The first-order chi connectivity index (χ1) is 8.25. The molecule has 0 aromatic carbocycles. The highest BCUT2D eigenvalue weighted by Gasteiger charge is 2.20. The van der Waals surface area contributed by atoms with E-state index in [1.165, 1.54) is 24.1 Å². The van der Waals surface area contributed by atoms with E-state index in [0.29, 0.717) is 12.0 Å². The summed E-state index contributed by atoms with van der Waals surface area (Å²) in [5, 5.41) is 3.51. The van der Waals surface area contributed by atoms with E-state index in [2.05, 4.69) is 39.7 Å². The molecule has 0 radical (unpaired) electrons. The molecule has 1 saturated heterocycles. The molecule has 1 atom stereocenters. The van der Waals surface area contributed by atoms with E-state index >= 15 is 0 Å². The van der Waals surface area contributed by atoms with Crippen molar-refractivity contribution in [2.24, 2.45) is 0 Å². The molecule has 1 N–H and O–H groups in total. The summed E-state index contributed by atoms with van der Waals surface area (Å²) in [7, 11) is 0. The van der Waals surface area contributed by atoms with Crippen LogP contribution >= 0.6 is 0 Å². The van der Waals surface area contributed by atoms with E-state index < -0.39 is 0 Å². The molecular weight excluding hydrogens is 212 g/mol. The second-order valence-corrected chi connectivity index (χ2v) is 5.04. The van der Waals surface area contributed by atoms with Crippen molar-refractivity contribution in [2.75, 3.05) is 6.54 Å². The van der Waals surface area contributed by atoms with Crippen LogP contribution in [-0.4, -0.2) is 20.9 Å². The minimum Gasteiger partial charge on any atom is -0.309 e. The summed E-state index contributed by atoms with van der Waals surface area (Å²) >= 11 is 0. The van der Waals surface area contributed by atoms with Crippen molar-refractivity contribution in [2.45, 2.75) is 38.6 Å². The van der Waals surface area contributed by atoms with E-state index in [4.69, 9.17) is 0 Å². The van der Waals surface area contributed by atoms with Crippen molar-refractivity contribution in [1.29, 1.82) is 0 Å². The Morgan fingerprint density at radius 3 is 2.88 bits per heavy atom. The van der Waals surface area contributed by atoms with Gasteiger partial charge >= 0.3 is 0 Å². The van der Waals surface area contributed by atoms with Crippen LogP contribution in [0.3, 0.4) is 0 Å². The molecule has 2 aromatic rings. The summed E-state index contributed by atoms with van der Waals surface area (Å²) < 4.78 is 2.14. The number of aromatic nitrogens is 3. The smallest absolute Gasteiger partial charge is 0.233 e. The highest BCUT2D eigenvalue weighted by atomic mass is 15.1. The third-order valence-electron chi connectivity index (χ3n) is 3.50. The second-order valence-electron chi connectivity index (χ2n) is 5.04. The lowest BCUT2D eigenvalue weighted by atomic mass is 10.1. The summed E-state index contributed by atoms with van der Waals surface area (Å²) in [4.78, 5) is 8.79. The molecule has 3 rings (SSSR count). The van der Waals surface area contributed by atoms with Gasteiger partial charge < -0.3 is 5.32 Å². The van der Waals surface area contributed by atoms with Gasteiger partial charge in [0.05, 0.1) is 11.9 Å². The lowest BCUT2D eigenvalue weighted by molar-refractivity contribution is 0.620. The minimum absolute atomic E-state index is 0.439. The average molecular weight is 230 g/mol. The van der Waals surface area contributed by atoms with Crippen LogP contribution in [0.15, 0.2) is 18.6 Å². The third kappa shape index (κ3) is 1.82. The van der Waals surface area contributed by atoms with Gasteiger partial charge in [0.2, 0.25) is 5.78 Å². The monoisotopic (exact) mass is 230 g/mol. The van der Waals surface area contributed by atoms with Crippen molar-refractivity contribution in [3.05, 3.63) is 29.8 Å². The van der Waals surface area contributed by atoms with Crippen molar-refractivity contribution < 1.29 is 0 Å². The normalized spacial score (nSPS) is 20.5. The van der Waals surface area contributed by atoms with Crippen LogP contribution < -0.4 is 5.32 Å². The molecule has 90 valence electrons. The summed E-state index contributed by atoms with van der Waals surface area (Å²) in [5.41, 5.74) is 2.50. The van der Waals surface area contributed by atoms with Gasteiger partial charge in [-0.25, -0.2) is 9.97 Å². The first-order valence-corrected chi connectivity index (χ1v) is 6.32. The molecule has 3 heterocycles. The van der Waals surface area contributed by atoms with Crippen LogP contribution in [0.5, 0.6) is 0 Å². The van der Waals surface area contributed by atoms with Gasteiger partial charge in [0.15, 0.2) is 0 Å². The van der Waals surface area contributed by atoms with Crippen LogP contribution in [0.1, 0.15) is 49.9 Å². The quantitative estimate of drug-likeness (QED) is 0.860. The van der Waals surface area contributed by atoms with Crippen LogP contribution in [0, 0.1) is 0 Å². The predicted molar refractivity (Wildman–Crippen MR) is 67.1 cm³/mol. The SMILES string of the molecule is CC(C)c1cnc2ncc(C3CCCN3)n2c1. The fourth-order valence-corrected chi connectivity index (χ4v) is 2.40. The molecule has 0 saturated carbocycles. The number of rotatable bonds is 2. The number of nitrogens with zero attached hydrogens (tertiary/aromatic N) is 3. The van der Waals surface area contributed by atoms with Crippen molar-refractivity contribution in [1.82, 2.24) is 19.7 Å². The van der Waals surface area contributed by atoms with E-state index in [1.807, 2.05) is 12.4 Å². The lowest BCUT2D eigenvalue weighted by Crippen LogP contribution is -2.15. The van der Waals surface area contributed by atoms with E-state index in [-0.39, 0.29) is 0 Å². The van der Waals surface area contributed by atoms with Crippen LogP contribution in [0.25, 0.3) is 5.78 Å². The summed E-state index contributed by atoms with van der Waals surface area (Å²) in [6.45, 7) is 5.48. The number of imidazole rings is 1. The molecule has 4 heteroatoms. The van der Waals surface area contributed by atoms with Crippen LogP contribution in [0.4, 0.5) is 0 Å². The predicted octanol–water partition coefficient (Wildman–Crippen LogP) is 2.28. The lowest BCUT2D eigenvalue weighted by Gasteiger charge is -2.11. The average Bonchev–Trinajstić information content (AvgIpc) is 2.96. The molecule has 4 nitrogen and oxygen atoms in total. The Balaban J connectivity index is 2.08. The van der Waals surface area contributed by atoms with Crippen molar-refractivity contribution >= 4 is 5.78 Å². The molecule has 17 heavy (non-hydrogen) atoms. The van der Waals surface area contributed by atoms with Crippen LogP contribution in [0.2, 0.25) is 0 Å². The van der Waals surface area contributed by atoms with E-state index in [0.717, 1.165) is 12.3 Å². The first-order valence-electron chi connectivity index (χ1n) is 6.32.